The third kappa shape index (κ3) is 3.59. The Balaban J connectivity index is 0.00000112. The second-order valence-electron chi connectivity index (χ2n) is 4.44. The third-order valence-electron chi connectivity index (χ3n) is 3.65. The van der Waals surface area contributed by atoms with Crippen molar-refractivity contribution in [1.82, 2.24) is 10.2 Å². The van der Waals surface area contributed by atoms with Gasteiger partial charge in [0.1, 0.15) is 0 Å². The van der Waals surface area contributed by atoms with E-state index in [-0.39, 0.29) is 12.4 Å². The van der Waals surface area contributed by atoms with Crippen LogP contribution in [0.5, 0.6) is 0 Å². The van der Waals surface area contributed by atoms with Gasteiger partial charge in [-0.15, -0.1) is 12.4 Å². The summed E-state index contributed by atoms with van der Waals surface area (Å²) in [5.74, 6) is 0. The molecule has 3 nitrogen and oxygen atoms in total. The number of nitrogens with one attached hydrogen (secondary N) is 1. The van der Waals surface area contributed by atoms with E-state index in [1.165, 1.54) is 38.8 Å². The van der Waals surface area contributed by atoms with Crippen LogP contribution in [0.3, 0.4) is 0 Å². The Morgan fingerprint density at radius 2 is 1.67 bits per heavy atom. The molecule has 0 aliphatic carbocycles. The standard InChI is InChI=1S/C11H22N2O.ClH/c1-12-10-2-6-13(7-3-10)11-4-8-14-9-5-11;/h10-12H,2-9H2,1H3;1H. The van der Waals surface area contributed by atoms with E-state index >= 15 is 0 Å². The van der Waals surface area contributed by atoms with E-state index < -0.39 is 0 Å². The number of likely N-dealkylation sites (tertiary alicyclic amines) is 1. The summed E-state index contributed by atoms with van der Waals surface area (Å²) >= 11 is 0. The van der Waals surface area contributed by atoms with Crippen LogP contribution in [0.25, 0.3) is 0 Å². The summed E-state index contributed by atoms with van der Waals surface area (Å²) in [4.78, 5) is 2.66. The Bertz CT molecular complexity index is 166. The van der Waals surface area contributed by atoms with Crippen LogP contribution in [-0.4, -0.2) is 50.3 Å². The quantitative estimate of drug-likeness (QED) is 0.779. The van der Waals surface area contributed by atoms with Crippen molar-refractivity contribution in [2.45, 2.75) is 37.8 Å². The zero-order valence-electron chi connectivity index (χ0n) is 9.58. The molecule has 4 heteroatoms. The fourth-order valence-electron chi connectivity index (χ4n) is 2.60. The van der Waals surface area contributed by atoms with Gasteiger partial charge >= 0.3 is 0 Å². The molecule has 0 bridgehead atoms. The topological polar surface area (TPSA) is 24.5 Å². The highest BCUT2D eigenvalue weighted by atomic mass is 35.5. The van der Waals surface area contributed by atoms with Crippen LogP contribution in [-0.2, 0) is 4.74 Å². The first-order valence-corrected chi connectivity index (χ1v) is 5.89. The molecular formula is C11H23ClN2O. The summed E-state index contributed by atoms with van der Waals surface area (Å²) in [6.45, 7) is 4.49. The average Bonchev–Trinajstić information content (AvgIpc) is 2.30. The molecular weight excluding hydrogens is 212 g/mol. The maximum atomic E-state index is 5.39. The second-order valence-corrected chi connectivity index (χ2v) is 4.44. The molecule has 2 saturated heterocycles. The molecule has 0 aromatic rings. The summed E-state index contributed by atoms with van der Waals surface area (Å²) in [5, 5.41) is 3.38. The van der Waals surface area contributed by atoms with Gasteiger partial charge in [-0.3, -0.25) is 0 Å². The first-order valence-electron chi connectivity index (χ1n) is 5.89. The maximum Gasteiger partial charge on any atom is 0.0480 e. The molecule has 2 heterocycles. The molecule has 2 fully saturated rings. The van der Waals surface area contributed by atoms with E-state index in [1.54, 1.807) is 0 Å². The molecule has 90 valence electrons. The molecule has 0 saturated carbocycles. The molecule has 0 radical (unpaired) electrons. The Morgan fingerprint density at radius 1 is 1.07 bits per heavy atom. The van der Waals surface area contributed by atoms with E-state index in [0.717, 1.165) is 25.3 Å². The summed E-state index contributed by atoms with van der Waals surface area (Å²) in [6.07, 6.45) is 5.11. The van der Waals surface area contributed by atoms with Gasteiger partial charge in [0.15, 0.2) is 0 Å². The lowest BCUT2D eigenvalue weighted by Crippen LogP contribution is -2.47. The smallest absolute Gasteiger partial charge is 0.0480 e. The summed E-state index contributed by atoms with van der Waals surface area (Å²) in [7, 11) is 2.08. The van der Waals surface area contributed by atoms with Gasteiger partial charge in [-0.2, -0.15) is 0 Å². The van der Waals surface area contributed by atoms with Gasteiger partial charge in [0.05, 0.1) is 0 Å². The monoisotopic (exact) mass is 234 g/mol. The van der Waals surface area contributed by atoms with Crippen molar-refractivity contribution in [3.05, 3.63) is 0 Å². The first kappa shape index (κ1) is 13.2. The largest absolute Gasteiger partial charge is 0.381 e. The molecule has 0 unspecified atom stereocenters. The van der Waals surface area contributed by atoms with Gasteiger partial charge in [-0.05, 0) is 45.8 Å². The Morgan fingerprint density at radius 3 is 2.20 bits per heavy atom. The van der Waals surface area contributed by atoms with E-state index in [0.29, 0.717) is 0 Å². The number of hydrogen-bond acceptors (Lipinski definition) is 3. The lowest BCUT2D eigenvalue weighted by Gasteiger charge is -2.39. The Hall–Kier alpha value is 0.170. The second kappa shape index (κ2) is 6.69. The van der Waals surface area contributed by atoms with Gasteiger partial charge in [-0.25, -0.2) is 0 Å². The molecule has 0 spiro atoms. The van der Waals surface area contributed by atoms with Crippen molar-refractivity contribution in [2.75, 3.05) is 33.4 Å². The van der Waals surface area contributed by atoms with E-state index in [9.17, 15) is 0 Å². The normalized spacial score (nSPS) is 26.2. The van der Waals surface area contributed by atoms with Crippen molar-refractivity contribution < 1.29 is 4.74 Å². The van der Waals surface area contributed by atoms with Crippen LogP contribution in [0.15, 0.2) is 0 Å². The summed E-state index contributed by atoms with van der Waals surface area (Å²) < 4.78 is 5.39. The van der Waals surface area contributed by atoms with Crippen molar-refractivity contribution in [3.63, 3.8) is 0 Å². The van der Waals surface area contributed by atoms with Crippen molar-refractivity contribution in [2.24, 2.45) is 0 Å². The van der Waals surface area contributed by atoms with Crippen molar-refractivity contribution in [3.8, 4) is 0 Å². The van der Waals surface area contributed by atoms with Crippen LogP contribution in [0.1, 0.15) is 25.7 Å². The number of piperidine rings is 1. The Kier molecular flexibility index (Phi) is 5.90. The molecule has 0 aromatic heterocycles. The van der Waals surface area contributed by atoms with Gasteiger partial charge < -0.3 is 15.0 Å². The average molecular weight is 235 g/mol. The SMILES string of the molecule is CNC1CCN(C2CCOCC2)CC1.Cl. The van der Waals surface area contributed by atoms with Crippen LogP contribution < -0.4 is 5.32 Å². The minimum atomic E-state index is 0. The highest BCUT2D eigenvalue weighted by molar-refractivity contribution is 5.85. The van der Waals surface area contributed by atoms with Crippen molar-refractivity contribution >= 4 is 12.4 Å². The molecule has 0 aromatic carbocycles. The van der Waals surface area contributed by atoms with Gasteiger partial charge in [0.25, 0.3) is 0 Å². The predicted octanol–water partition coefficient (Wildman–Crippen LogP) is 1.27. The number of halogens is 1. The number of rotatable bonds is 2. The van der Waals surface area contributed by atoms with E-state index in [1.807, 2.05) is 0 Å². The molecule has 0 atom stereocenters. The maximum absolute atomic E-state index is 5.39. The minimum Gasteiger partial charge on any atom is -0.381 e. The van der Waals surface area contributed by atoms with E-state index in [4.69, 9.17) is 4.74 Å². The fraction of sp³-hybridized carbons (Fsp3) is 1.00. The molecule has 2 aliphatic heterocycles. The minimum absolute atomic E-state index is 0. The highest BCUT2D eigenvalue weighted by Crippen LogP contribution is 2.19. The lowest BCUT2D eigenvalue weighted by molar-refractivity contribution is 0.0242. The number of ether oxygens (including phenoxy) is 1. The van der Waals surface area contributed by atoms with Crippen LogP contribution in [0, 0.1) is 0 Å². The molecule has 15 heavy (non-hydrogen) atoms. The van der Waals surface area contributed by atoms with Crippen LogP contribution in [0.2, 0.25) is 0 Å². The molecule has 2 aliphatic rings. The third-order valence-corrected chi connectivity index (χ3v) is 3.65. The zero-order valence-corrected chi connectivity index (χ0v) is 10.4. The van der Waals surface area contributed by atoms with Crippen molar-refractivity contribution in [1.29, 1.82) is 0 Å². The summed E-state index contributed by atoms with van der Waals surface area (Å²) in [6, 6.07) is 1.56. The molecule has 1 N–H and O–H groups in total. The molecule has 2 rings (SSSR count). The van der Waals surface area contributed by atoms with Gasteiger partial charge in [0, 0.05) is 25.3 Å². The fourth-order valence-corrected chi connectivity index (χ4v) is 2.60. The Labute approximate surface area is 99.0 Å². The van der Waals surface area contributed by atoms with Crippen LogP contribution in [0.4, 0.5) is 0 Å². The van der Waals surface area contributed by atoms with Gasteiger partial charge in [0.2, 0.25) is 0 Å². The first-order chi connectivity index (χ1) is 6.90. The lowest BCUT2D eigenvalue weighted by atomic mass is 10.00. The summed E-state index contributed by atoms with van der Waals surface area (Å²) in [5.41, 5.74) is 0. The van der Waals surface area contributed by atoms with E-state index in [2.05, 4.69) is 17.3 Å². The highest BCUT2D eigenvalue weighted by Gasteiger charge is 2.25. The zero-order chi connectivity index (χ0) is 9.80. The van der Waals surface area contributed by atoms with Crippen LogP contribution >= 0.6 is 12.4 Å². The number of hydrogen-bond donors (Lipinski definition) is 1. The molecule has 0 amide bonds. The van der Waals surface area contributed by atoms with Gasteiger partial charge in [-0.1, -0.05) is 0 Å². The predicted molar refractivity (Wildman–Crippen MR) is 64.7 cm³/mol. The number of nitrogens with zero attached hydrogens (tertiary/aromatic N) is 1.